The lowest BCUT2D eigenvalue weighted by Gasteiger charge is -1.96. The van der Waals surface area contributed by atoms with Crippen LogP contribution in [0.5, 0.6) is 0 Å². The number of hydrogen-bond donors (Lipinski definition) is 1. The highest BCUT2D eigenvalue weighted by Gasteiger charge is 2.01. The smallest absolute Gasteiger partial charge is 0.0996 e. The topological polar surface area (TPSA) is 43.3 Å². The summed E-state index contributed by atoms with van der Waals surface area (Å²) in [5.41, 5.74) is 8.23. The quantitative estimate of drug-likeness (QED) is 0.714. The zero-order chi connectivity index (χ0) is 9.26. The monoisotopic (exact) mass is 207 g/mol. The number of halogens is 1. The fourth-order valence-corrected chi connectivity index (χ4v) is 1.29. The molecular formula is C10H10ClN3. The van der Waals surface area contributed by atoms with Gasteiger partial charge in [0.25, 0.3) is 0 Å². The second kappa shape index (κ2) is 4.14. The van der Waals surface area contributed by atoms with E-state index in [0.717, 1.165) is 16.8 Å². The van der Waals surface area contributed by atoms with Crippen LogP contribution < -0.4 is 5.73 Å². The maximum atomic E-state index is 5.52. The van der Waals surface area contributed by atoms with Crippen molar-refractivity contribution < 1.29 is 0 Å². The summed E-state index contributed by atoms with van der Waals surface area (Å²) in [5, 5.41) is 0. The SMILES string of the molecule is C#Cc1ccn2cnc(CN)c2c1.Cl. The van der Waals surface area contributed by atoms with E-state index in [-0.39, 0.29) is 12.4 Å². The number of imidazole rings is 1. The largest absolute Gasteiger partial charge is 0.325 e. The van der Waals surface area contributed by atoms with E-state index >= 15 is 0 Å². The molecule has 2 aromatic heterocycles. The molecule has 4 heteroatoms. The fourth-order valence-electron chi connectivity index (χ4n) is 1.29. The van der Waals surface area contributed by atoms with Crippen molar-refractivity contribution in [2.75, 3.05) is 0 Å². The molecule has 0 amide bonds. The summed E-state index contributed by atoms with van der Waals surface area (Å²) in [7, 11) is 0. The molecule has 0 fully saturated rings. The van der Waals surface area contributed by atoms with E-state index < -0.39 is 0 Å². The summed E-state index contributed by atoms with van der Waals surface area (Å²) in [4.78, 5) is 4.16. The van der Waals surface area contributed by atoms with Crippen LogP contribution in [0.25, 0.3) is 5.52 Å². The van der Waals surface area contributed by atoms with Crippen molar-refractivity contribution in [2.24, 2.45) is 5.73 Å². The van der Waals surface area contributed by atoms with E-state index in [0.29, 0.717) is 6.54 Å². The molecule has 0 aromatic carbocycles. The highest BCUT2D eigenvalue weighted by Crippen LogP contribution is 2.10. The Balaban J connectivity index is 0.000000980. The number of aromatic nitrogens is 2. The molecule has 0 saturated heterocycles. The molecule has 0 unspecified atom stereocenters. The van der Waals surface area contributed by atoms with Crippen molar-refractivity contribution in [3.05, 3.63) is 35.9 Å². The minimum absolute atomic E-state index is 0. The van der Waals surface area contributed by atoms with Crippen molar-refractivity contribution in [1.29, 1.82) is 0 Å². The average Bonchev–Trinajstić information content (AvgIpc) is 2.59. The van der Waals surface area contributed by atoms with Crippen molar-refractivity contribution >= 4 is 17.9 Å². The predicted octanol–water partition coefficient (Wildman–Crippen LogP) is 1.20. The van der Waals surface area contributed by atoms with Gasteiger partial charge in [-0.1, -0.05) is 5.92 Å². The summed E-state index contributed by atoms with van der Waals surface area (Å²) >= 11 is 0. The van der Waals surface area contributed by atoms with E-state index in [1.807, 2.05) is 22.7 Å². The Morgan fingerprint density at radius 2 is 2.36 bits per heavy atom. The van der Waals surface area contributed by atoms with Crippen molar-refractivity contribution in [2.45, 2.75) is 6.54 Å². The maximum Gasteiger partial charge on any atom is 0.0996 e. The zero-order valence-electron chi connectivity index (χ0n) is 7.47. The molecule has 0 bridgehead atoms. The molecule has 2 rings (SSSR count). The standard InChI is InChI=1S/C10H9N3.ClH/c1-2-8-3-4-13-7-12-9(6-11)10(13)5-8;/h1,3-5,7H,6,11H2;1H. The van der Waals surface area contributed by atoms with Crippen LogP contribution in [0.15, 0.2) is 24.7 Å². The Labute approximate surface area is 88.4 Å². The number of rotatable bonds is 1. The van der Waals surface area contributed by atoms with Gasteiger partial charge in [-0.15, -0.1) is 18.8 Å². The summed E-state index contributed by atoms with van der Waals surface area (Å²) in [6.07, 6.45) is 8.91. The number of nitrogens with zero attached hydrogens (tertiary/aromatic N) is 2. The first-order valence-electron chi connectivity index (χ1n) is 3.97. The summed E-state index contributed by atoms with van der Waals surface area (Å²) in [5.74, 6) is 2.58. The fraction of sp³-hybridized carbons (Fsp3) is 0.100. The van der Waals surface area contributed by atoms with Gasteiger partial charge in [-0.05, 0) is 12.1 Å². The third kappa shape index (κ3) is 1.58. The second-order valence-corrected chi connectivity index (χ2v) is 2.75. The molecule has 2 N–H and O–H groups in total. The lowest BCUT2D eigenvalue weighted by atomic mass is 10.2. The van der Waals surface area contributed by atoms with Gasteiger partial charge in [0.2, 0.25) is 0 Å². The van der Waals surface area contributed by atoms with Gasteiger partial charge < -0.3 is 10.1 Å². The van der Waals surface area contributed by atoms with E-state index in [9.17, 15) is 0 Å². The Morgan fingerprint density at radius 3 is 3.00 bits per heavy atom. The lowest BCUT2D eigenvalue weighted by Crippen LogP contribution is -1.97. The molecule has 0 atom stereocenters. The number of pyridine rings is 1. The van der Waals surface area contributed by atoms with Crippen LogP contribution >= 0.6 is 12.4 Å². The van der Waals surface area contributed by atoms with Gasteiger partial charge in [-0.3, -0.25) is 0 Å². The Kier molecular flexibility index (Phi) is 3.13. The highest BCUT2D eigenvalue weighted by molar-refractivity contribution is 5.85. The molecule has 0 aliphatic rings. The van der Waals surface area contributed by atoms with Gasteiger partial charge in [-0.25, -0.2) is 4.98 Å². The average molecular weight is 208 g/mol. The predicted molar refractivity (Wildman–Crippen MR) is 58.3 cm³/mol. The molecule has 0 saturated carbocycles. The molecular weight excluding hydrogens is 198 g/mol. The summed E-state index contributed by atoms with van der Waals surface area (Å²) in [6, 6.07) is 3.78. The van der Waals surface area contributed by atoms with Crippen LogP contribution in [-0.4, -0.2) is 9.38 Å². The van der Waals surface area contributed by atoms with E-state index in [1.54, 1.807) is 6.33 Å². The van der Waals surface area contributed by atoms with Gasteiger partial charge in [0.05, 0.1) is 17.5 Å². The van der Waals surface area contributed by atoms with Crippen molar-refractivity contribution in [3.63, 3.8) is 0 Å². The van der Waals surface area contributed by atoms with Crippen LogP contribution in [0.2, 0.25) is 0 Å². The van der Waals surface area contributed by atoms with Gasteiger partial charge in [0.1, 0.15) is 0 Å². The number of hydrogen-bond acceptors (Lipinski definition) is 2. The van der Waals surface area contributed by atoms with Crippen LogP contribution in [0.4, 0.5) is 0 Å². The Morgan fingerprint density at radius 1 is 1.57 bits per heavy atom. The first kappa shape index (κ1) is 10.6. The summed E-state index contributed by atoms with van der Waals surface area (Å²) in [6.45, 7) is 0.435. The first-order valence-corrected chi connectivity index (χ1v) is 3.97. The van der Waals surface area contributed by atoms with Gasteiger partial charge >= 0.3 is 0 Å². The zero-order valence-corrected chi connectivity index (χ0v) is 8.29. The number of terminal acetylenes is 1. The van der Waals surface area contributed by atoms with Crippen molar-refractivity contribution in [1.82, 2.24) is 9.38 Å². The van der Waals surface area contributed by atoms with Crippen LogP contribution in [0, 0.1) is 12.3 Å². The van der Waals surface area contributed by atoms with Crippen molar-refractivity contribution in [3.8, 4) is 12.3 Å². The second-order valence-electron chi connectivity index (χ2n) is 2.75. The Bertz CT molecular complexity index is 482. The highest BCUT2D eigenvalue weighted by atomic mass is 35.5. The maximum absolute atomic E-state index is 5.52. The third-order valence-corrected chi connectivity index (χ3v) is 1.98. The van der Waals surface area contributed by atoms with Crippen LogP contribution in [-0.2, 0) is 6.54 Å². The molecule has 2 heterocycles. The van der Waals surface area contributed by atoms with Crippen LogP contribution in [0.3, 0.4) is 0 Å². The minimum atomic E-state index is 0. The van der Waals surface area contributed by atoms with Gasteiger partial charge in [0.15, 0.2) is 0 Å². The number of nitrogens with two attached hydrogens (primary N) is 1. The summed E-state index contributed by atoms with van der Waals surface area (Å²) < 4.78 is 1.91. The molecule has 0 radical (unpaired) electrons. The number of fused-ring (bicyclic) bond motifs is 1. The lowest BCUT2D eigenvalue weighted by molar-refractivity contribution is 1.02. The van der Waals surface area contributed by atoms with Crippen LogP contribution in [0.1, 0.15) is 11.3 Å². The molecule has 0 aliphatic carbocycles. The molecule has 3 nitrogen and oxygen atoms in total. The molecule has 14 heavy (non-hydrogen) atoms. The molecule has 0 spiro atoms. The van der Waals surface area contributed by atoms with E-state index in [4.69, 9.17) is 12.2 Å². The van der Waals surface area contributed by atoms with Gasteiger partial charge in [0, 0.05) is 18.3 Å². The van der Waals surface area contributed by atoms with E-state index in [1.165, 1.54) is 0 Å². The Hall–Kier alpha value is -1.50. The third-order valence-electron chi connectivity index (χ3n) is 1.98. The normalized spacial score (nSPS) is 9.43. The first-order chi connectivity index (χ1) is 6.35. The molecule has 2 aromatic rings. The van der Waals surface area contributed by atoms with Gasteiger partial charge in [-0.2, -0.15) is 0 Å². The molecule has 0 aliphatic heterocycles. The van der Waals surface area contributed by atoms with E-state index in [2.05, 4.69) is 10.9 Å². The minimum Gasteiger partial charge on any atom is -0.325 e. The molecule has 72 valence electrons.